The molecule has 2 aromatic rings. The van der Waals surface area contributed by atoms with Crippen molar-refractivity contribution in [3.63, 3.8) is 0 Å². The van der Waals surface area contributed by atoms with Crippen LogP contribution >= 0.6 is 22.7 Å². The largest absolute Gasteiger partial charge is 0.466 e. The van der Waals surface area contributed by atoms with Gasteiger partial charge in [-0.1, -0.05) is 5.16 Å². The van der Waals surface area contributed by atoms with E-state index in [0.717, 1.165) is 47.9 Å². The molecule has 0 saturated carbocycles. The van der Waals surface area contributed by atoms with E-state index in [1.54, 1.807) is 22.7 Å². The Kier molecular flexibility index (Phi) is 7.65. The average Bonchev–Trinajstić information content (AvgIpc) is 3.31. The average molecular weight is 421 g/mol. The van der Waals surface area contributed by atoms with Gasteiger partial charge in [0.1, 0.15) is 12.3 Å². The van der Waals surface area contributed by atoms with Crippen LogP contribution in [0.5, 0.6) is 0 Å². The van der Waals surface area contributed by atoms with Crippen LogP contribution in [0, 0.1) is 19.8 Å². The van der Waals surface area contributed by atoms with Gasteiger partial charge >= 0.3 is 5.97 Å². The van der Waals surface area contributed by atoms with E-state index >= 15 is 0 Å². The van der Waals surface area contributed by atoms with Crippen LogP contribution in [0.15, 0.2) is 28.0 Å². The van der Waals surface area contributed by atoms with Gasteiger partial charge in [0, 0.05) is 13.1 Å². The number of oxime groups is 1. The molecule has 0 aliphatic carbocycles. The zero-order valence-corrected chi connectivity index (χ0v) is 18.4. The Morgan fingerprint density at radius 2 is 1.89 bits per heavy atom. The van der Waals surface area contributed by atoms with Gasteiger partial charge in [0.2, 0.25) is 0 Å². The highest BCUT2D eigenvalue weighted by Crippen LogP contribution is 2.26. The molecule has 1 aliphatic heterocycles. The minimum Gasteiger partial charge on any atom is -0.466 e. The zero-order chi connectivity index (χ0) is 19.9. The first-order valence-corrected chi connectivity index (χ1v) is 11.5. The molecule has 0 amide bonds. The minimum atomic E-state index is -0.0743. The lowest BCUT2D eigenvalue weighted by Crippen LogP contribution is -2.40. The Balaban J connectivity index is 1.59. The van der Waals surface area contributed by atoms with Gasteiger partial charge in [-0.2, -0.15) is 0 Å². The molecule has 0 aromatic carbocycles. The van der Waals surface area contributed by atoms with Crippen LogP contribution < -0.4 is 0 Å². The van der Waals surface area contributed by atoms with Crippen molar-refractivity contribution in [1.82, 2.24) is 4.90 Å². The first-order chi connectivity index (χ1) is 13.6. The van der Waals surface area contributed by atoms with Crippen molar-refractivity contribution in [3.05, 3.63) is 43.8 Å². The second-order valence-electron chi connectivity index (χ2n) is 7.03. The number of esters is 1. The smallest absolute Gasteiger partial charge is 0.310 e. The fourth-order valence-electron chi connectivity index (χ4n) is 3.41. The number of ether oxygens (including phenoxy) is 1. The molecular weight excluding hydrogens is 392 g/mol. The predicted molar refractivity (Wildman–Crippen MR) is 116 cm³/mol. The van der Waals surface area contributed by atoms with Gasteiger partial charge in [0.05, 0.1) is 22.3 Å². The molecule has 3 rings (SSSR count). The number of aryl methyl sites for hydroxylation is 2. The molecule has 5 nitrogen and oxygen atoms in total. The number of carbonyl (C=O) groups excluding carboxylic acids is 1. The molecule has 7 heteroatoms. The maximum Gasteiger partial charge on any atom is 0.310 e. The first kappa shape index (κ1) is 21.0. The van der Waals surface area contributed by atoms with Crippen molar-refractivity contribution in [2.45, 2.75) is 33.6 Å². The molecule has 0 N–H and O–H groups in total. The molecule has 0 bridgehead atoms. The summed E-state index contributed by atoms with van der Waals surface area (Å²) in [4.78, 5) is 22.3. The summed E-state index contributed by atoms with van der Waals surface area (Å²) in [5.41, 5.74) is 3.35. The minimum absolute atomic E-state index is 0.0182. The van der Waals surface area contributed by atoms with Crippen molar-refractivity contribution in [1.29, 1.82) is 0 Å². The van der Waals surface area contributed by atoms with E-state index in [1.165, 1.54) is 11.1 Å². The number of thiophene rings is 2. The van der Waals surface area contributed by atoms with Gasteiger partial charge in [-0.15, -0.1) is 22.7 Å². The summed E-state index contributed by atoms with van der Waals surface area (Å²) in [5, 5.41) is 8.70. The summed E-state index contributed by atoms with van der Waals surface area (Å²) in [6.45, 7) is 9.51. The van der Waals surface area contributed by atoms with Gasteiger partial charge in [0.15, 0.2) is 0 Å². The number of hydrogen-bond acceptors (Lipinski definition) is 7. The van der Waals surface area contributed by atoms with Gasteiger partial charge in [-0.3, -0.25) is 9.69 Å². The quantitative estimate of drug-likeness (QED) is 0.274. The Bertz CT molecular complexity index is 770. The number of nitrogens with zero attached hydrogens (tertiary/aromatic N) is 2. The van der Waals surface area contributed by atoms with Crippen LogP contribution in [0.4, 0.5) is 0 Å². The Hall–Kier alpha value is -1.70. The van der Waals surface area contributed by atoms with Crippen molar-refractivity contribution >= 4 is 34.4 Å². The van der Waals surface area contributed by atoms with Gasteiger partial charge in [0.25, 0.3) is 0 Å². The Labute approximate surface area is 175 Å². The van der Waals surface area contributed by atoms with E-state index in [9.17, 15) is 4.79 Å². The number of rotatable bonds is 8. The lowest BCUT2D eigenvalue weighted by molar-refractivity contribution is -0.150. The third-order valence-corrected chi connectivity index (χ3v) is 6.98. The van der Waals surface area contributed by atoms with Crippen LogP contribution in [0.1, 0.15) is 40.6 Å². The number of carbonyl (C=O) groups is 1. The topological polar surface area (TPSA) is 51.1 Å². The molecule has 1 aliphatic rings. The van der Waals surface area contributed by atoms with Crippen LogP contribution in [0.25, 0.3) is 0 Å². The lowest BCUT2D eigenvalue weighted by atomic mass is 9.98. The van der Waals surface area contributed by atoms with Gasteiger partial charge in [-0.05, 0) is 74.2 Å². The normalized spacial score (nSPS) is 17.3. The van der Waals surface area contributed by atoms with Crippen molar-refractivity contribution in [2.75, 3.05) is 32.8 Å². The van der Waals surface area contributed by atoms with Gasteiger partial charge in [-0.25, -0.2) is 0 Å². The second-order valence-corrected chi connectivity index (χ2v) is 8.86. The van der Waals surface area contributed by atoms with Crippen molar-refractivity contribution in [2.24, 2.45) is 11.1 Å². The lowest BCUT2D eigenvalue weighted by Gasteiger charge is -2.30. The Morgan fingerprint density at radius 3 is 2.46 bits per heavy atom. The zero-order valence-electron chi connectivity index (χ0n) is 16.8. The SMILES string of the molecule is CCOC(=O)[C@@H]1CCCN(CCON=C(c2sccc2C)c2sccc2C)C1. The third-order valence-electron chi connectivity index (χ3n) is 4.93. The molecule has 1 fully saturated rings. The molecule has 1 atom stereocenters. The first-order valence-electron chi connectivity index (χ1n) is 9.78. The molecule has 0 unspecified atom stereocenters. The van der Waals surface area contributed by atoms with Crippen LogP contribution in [0.3, 0.4) is 0 Å². The Morgan fingerprint density at radius 1 is 1.21 bits per heavy atom. The van der Waals surface area contributed by atoms with E-state index in [4.69, 9.17) is 9.57 Å². The maximum absolute atomic E-state index is 12.0. The highest BCUT2D eigenvalue weighted by molar-refractivity contribution is 7.16. The van der Waals surface area contributed by atoms with E-state index in [2.05, 4.69) is 46.8 Å². The van der Waals surface area contributed by atoms with Crippen LogP contribution in [0.2, 0.25) is 0 Å². The molecule has 3 heterocycles. The van der Waals surface area contributed by atoms with E-state index < -0.39 is 0 Å². The van der Waals surface area contributed by atoms with Gasteiger partial charge < -0.3 is 9.57 Å². The molecule has 1 saturated heterocycles. The van der Waals surface area contributed by atoms with Crippen LogP contribution in [-0.4, -0.2) is 49.4 Å². The third kappa shape index (κ3) is 5.21. The standard InChI is InChI=1S/C21H28N2O3S2/c1-4-25-21(24)17-6-5-9-23(14-17)10-11-26-22-18(19-15(2)7-12-27-19)20-16(3)8-13-28-20/h7-8,12-13,17H,4-6,9-11,14H2,1-3H3/t17-/m1/s1. The van der Waals surface area contributed by atoms with E-state index in [-0.39, 0.29) is 11.9 Å². The highest BCUT2D eigenvalue weighted by atomic mass is 32.1. The summed E-state index contributed by atoms with van der Waals surface area (Å²) in [6.07, 6.45) is 1.93. The molecule has 0 spiro atoms. The van der Waals surface area contributed by atoms with Crippen LogP contribution in [-0.2, 0) is 14.4 Å². The predicted octanol–water partition coefficient (Wildman–Crippen LogP) is 4.47. The van der Waals surface area contributed by atoms with Crippen molar-refractivity contribution < 1.29 is 14.4 Å². The molecule has 2 aromatic heterocycles. The summed E-state index contributed by atoms with van der Waals surface area (Å²) < 4.78 is 5.18. The number of piperidine rings is 1. The maximum atomic E-state index is 12.0. The highest BCUT2D eigenvalue weighted by Gasteiger charge is 2.26. The fraction of sp³-hybridized carbons (Fsp3) is 0.524. The fourth-order valence-corrected chi connectivity index (χ4v) is 5.30. The molecule has 0 radical (unpaired) electrons. The summed E-state index contributed by atoms with van der Waals surface area (Å²) in [7, 11) is 0. The molecular formula is C21H28N2O3S2. The molecule has 152 valence electrons. The summed E-state index contributed by atoms with van der Waals surface area (Å²) >= 11 is 3.39. The number of hydrogen-bond donors (Lipinski definition) is 0. The van der Waals surface area contributed by atoms with E-state index in [1.807, 2.05) is 6.92 Å². The van der Waals surface area contributed by atoms with Crippen molar-refractivity contribution in [3.8, 4) is 0 Å². The molecule has 28 heavy (non-hydrogen) atoms. The summed E-state index contributed by atoms with van der Waals surface area (Å²) in [5.74, 6) is -0.0925. The second kappa shape index (κ2) is 10.2. The number of likely N-dealkylation sites (tertiary alicyclic amines) is 1. The monoisotopic (exact) mass is 420 g/mol. The summed E-state index contributed by atoms with van der Waals surface area (Å²) in [6, 6.07) is 4.23. The van der Waals surface area contributed by atoms with E-state index in [0.29, 0.717) is 13.2 Å².